The third kappa shape index (κ3) is 1.55. The Hall–Kier alpha value is -0.540. The number of rotatable bonds is 2. The normalized spacial score (nSPS) is 11.1. The lowest BCUT2D eigenvalue weighted by molar-refractivity contribution is 0.639. The first kappa shape index (κ1) is 9.99. The summed E-state index contributed by atoms with van der Waals surface area (Å²) in [5.41, 5.74) is 1.07. The second-order valence-electron chi connectivity index (χ2n) is 3.11. The summed E-state index contributed by atoms with van der Waals surface area (Å²) in [7, 11) is 0. The monoisotopic (exact) mass is 226 g/mol. The van der Waals surface area contributed by atoms with Gasteiger partial charge in [-0.3, -0.25) is 0 Å². The van der Waals surface area contributed by atoms with Crippen LogP contribution in [0.2, 0.25) is 0 Å². The molecule has 0 aliphatic carbocycles. The maximum atomic E-state index is 13.6. The molecule has 74 valence electrons. The molecule has 0 saturated heterocycles. The average Bonchev–Trinajstić information content (AvgIpc) is 2.61. The van der Waals surface area contributed by atoms with Crippen LogP contribution in [-0.4, -0.2) is 6.26 Å². The zero-order valence-corrected chi connectivity index (χ0v) is 9.77. The topological polar surface area (TPSA) is 0 Å². The summed E-state index contributed by atoms with van der Waals surface area (Å²) in [5.74, 6) is -0.0790. The van der Waals surface area contributed by atoms with Crippen LogP contribution in [0, 0.1) is 5.82 Å². The quantitative estimate of drug-likeness (QED) is 0.687. The number of fused-ring (bicyclic) bond motifs is 1. The highest BCUT2D eigenvalue weighted by atomic mass is 32.2. The van der Waals surface area contributed by atoms with Crippen molar-refractivity contribution in [2.45, 2.75) is 18.2 Å². The van der Waals surface area contributed by atoms with Crippen LogP contribution < -0.4 is 0 Å². The largest absolute Gasteiger partial charge is 0.205 e. The predicted molar refractivity (Wildman–Crippen MR) is 62.9 cm³/mol. The Morgan fingerprint density at radius 2 is 2.21 bits per heavy atom. The van der Waals surface area contributed by atoms with Gasteiger partial charge in [-0.1, -0.05) is 6.92 Å². The van der Waals surface area contributed by atoms with Gasteiger partial charge in [0.15, 0.2) is 0 Å². The fourth-order valence-electron chi connectivity index (χ4n) is 1.49. The molecule has 0 N–H and O–H groups in total. The van der Waals surface area contributed by atoms with Crippen LogP contribution in [0.1, 0.15) is 12.5 Å². The molecule has 1 aromatic carbocycles. The van der Waals surface area contributed by atoms with Crippen LogP contribution in [0.15, 0.2) is 22.4 Å². The van der Waals surface area contributed by atoms with E-state index in [-0.39, 0.29) is 5.82 Å². The lowest BCUT2D eigenvalue weighted by atomic mass is 10.1. The van der Waals surface area contributed by atoms with Gasteiger partial charge in [0.2, 0.25) is 0 Å². The van der Waals surface area contributed by atoms with Crippen molar-refractivity contribution in [2.75, 3.05) is 6.26 Å². The molecule has 1 heterocycles. The molecule has 0 amide bonds. The zero-order valence-electron chi connectivity index (χ0n) is 8.13. The summed E-state index contributed by atoms with van der Waals surface area (Å²) in [6, 6.07) is 3.74. The molecule has 0 saturated carbocycles. The van der Waals surface area contributed by atoms with Gasteiger partial charge in [0.05, 0.1) is 4.70 Å². The van der Waals surface area contributed by atoms with Crippen molar-refractivity contribution in [1.82, 2.24) is 0 Å². The Balaban J connectivity index is 2.73. The van der Waals surface area contributed by atoms with Crippen LogP contribution in [0.5, 0.6) is 0 Å². The van der Waals surface area contributed by atoms with Crippen molar-refractivity contribution in [3.05, 3.63) is 28.9 Å². The number of hydrogen-bond donors (Lipinski definition) is 0. The van der Waals surface area contributed by atoms with Gasteiger partial charge in [-0.25, -0.2) is 4.39 Å². The second-order valence-corrected chi connectivity index (χ2v) is 4.84. The first-order chi connectivity index (χ1) is 6.76. The Kier molecular flexibility index (Phi) is 2.79. The van der Waals surface area contributed by atoms with Crippen molar-refractivity contribution >= 4 is 33.2 Å². The second kappa shape index (κ2) is 3.91. The summed E-state index contributed by atoms with van der Waals surface area (Å²) < 4.78 is 14.4. The summed E-state index contributed by atoms with van der Waals surface area (Å²) in [4.78, 5) is 1.18. The lowest BCUT2D eigenvalue weighted by Gasteiger charge is -2.00. The van der Waals surface area contributed by atoms with E-state index in [1.807, 2.05) is 18.6 Å². The molecule has 14 heavy (non-hydrogen) atoms. The zero-order chi connectivity index (χ0) is 10.1. The van der Waals surface area contributed by atoms with Gasteiger partial charge in [-0.15, -0.1) is 23.1 Å². The molecular formula is C11H11FS2. The third-order valence-corrected chi connectivity index (χ3v) is 4.21. The highest BCUT2D eigenvalue weighted by molar-refractivity contribution is 7.99. The van der Waals surface area contributed by atoms with E-state index in [1.165, 1.54) is 16.2 Å². The van der Waals surface area contributed by atoms with E-state index < -0.39 is 0 Å². The molecule has 0 unspecified atom stereocenters. The molecule has 0 fully saturated rings. The molecule has 1 aromatic heterocycles. The maximum Gasteiger partial charge on any atom is 0.141 e. The minimum Gasteiger partial charge on any atom is -0.205 e. The number of benzene rings is 1. The lowest BCUT2D eigenvalue weighted by Crippen LogP contribution is -1.83. The van der Waals surface area contributed by atoms with E-state index in [1.54, 1.807) is 17.8 Å². The minimum absolute atomic E-state index is 0.0790. The van der Waals surface area contributed by atoms with Gasteiger partial charge < -0.3 is 0 Å². The number of halogens is 1. The summed E-state index contributed by atoms with van der Waals surface area (Å²) in [5, 5.41) is 3.09. The Bertz CT molecular complexity index is 460. The van der Waals surface area contributed by atoms with Crippen LogP contribution in [0.25, 0.3) is 10.1 Å². The number of hydrogen-bond acceptors (Lipinski definition) is 2. The van der Waals surface area contributed by atoms with E-state index in [2.05, 4.69) is 6.07 Å². The van der Waals surface area contributed by atoms with E-state index in [0.717, 1.165) is 22.1 Å². The van der Waals surface area contributed by atoms with E-state index in [0.29, 0.717) is 0 Å². The number of aryl methyl sites for hydroxylation is 1. The van der Waals surface area contributed by atoms with Gasteiger partial charge in [0, 0.05) is 15.7 Å². The highest BCUT2D eigenvalue weighted by Gasteiger charge is 2.08. The smallest absolute Gasteiger partial charge is 0.141 e. The van der Waals surface area contributed by atoms with Gasteiger partial charge in [-0.05, 0) is 30.4 Å². The predicted octanol–water partition coefficient (Wildman–Crippen LogP) is 4.32. The van der Waals surface area contributed by atoms with E-state index >= 15 is 0 Å². The van der Waals surface area contributed by atoms with Gasteiger partial charge >= 0.3 is 0 Å². The molecule has 2 aromatic rings. The maximum absolute atomic E-state index is 13.6. The summed E-state index contributed by atoms with van der Waals surface area (Å²) in [6.07, 6.45) is 2.91. The van der Waals surface area contributed by atoms with Crippen molar-refractivity contribution in [3.8, 4) is 0 Å². The SMILES string of the molecule is CCc1cc(F)c2scc(SC)c2c1. The van der Waals surface area contributed by atoms with Crippen LogP contribution in [-0.2, 0) is 6.42 Å². The minimum atomic E-state index is -0.0790. The number of thiophene rings is 1. The summed E-state index contributed by atoms with van der Waals surface area (Å²) in [6.45, 7) is 2.05. The first-order valence-electron chi connectivity index (χ1n) is 4.50. The Labute approximate surface area is 91.1 Å². The summed E-state index contributed by atoms with van der Waals surface area (Å²) >= 11 is 3.17. The van der Waals surface area contributed by atoms with Crippen molar-refractivity contribution in [1.29, 1.82) is 0 Å². The standard InChI is InChI=1S/C11H11FS2/c1-3-7-4-8-10(13-2)6-14-11(8)9(12)5-7/h4-6H,3H2,1-2H3. The number of thioether (sulfide) groups is 1. The van der Waals surface area contributed by atoms with Crippen molar-refractivity contribution in [2.24, 2.45) is 0 Å². The Morgan fingerprint density at radius 3 is 2.86 bits per heavy atom. The van der Waals surface area contributed by atoms with Crippen molar-refractivity contribution < 1.29 is 4.39 Å². The molecule has 2 rings (SSSR count). The third-order valence-electron chi connectivity index (χ3n) is 2.28. The van der Waals surface area contributed by atoms with Crippen LogP contribution in [0.3, 0.4) is 0 Å². The molecule has 0 aliphatic heterocycles. The molecular weight excluding hydrogens is 215 g/mol. The van der Waals surface area contributed by atoms with Crippen LogP contribution in [0.4, 0.5) is 4.39 Å². The average molecular weight is 226 g/mol. The molecule has 0 spiro atoms. The van der Waals surface area contributed by atoms with Crippen LogP contribution >= 0.6 is 23.1 Å². The molecule has 3 heteroatoms. The Morgan fingerprint density at radius 1 is 1.43 bits per heavy atom. The fourth-order valence-corrected chi connectivity index (χ4v) is 3.28. The van der Waals surface area contributed by atoms with Gasteiger partial charge in [0.25, 0.3) is 0 Å². The van der Waals surface area contributed by atoms with Crippen molar-refractivity contribution in [3.63, 3.8) is 0 Å². The fraction of sp³-hybridized carbons (Fsp3) is 0.273. The van der Waals surface area contributed by atoms with Gasteiger partial charge in [-0.2, -0.15) is 0 Å². The molecule has 0 aliphatic rings. The highest BCUT2D eigenvalue weighted by Crippen LogP contribution is 2.34. The molecule has 0 radical (unpaired) electrons. The first-order valence-corrected chi connectivity index (χ1v) is 6.60. The molecule has 0 bridgehead atoms. The van der Waals surface area contributed by atoms with Gasteiger partial charge in [0.1, 0.15) is 5.82 Å². The molecule has 0 atom stereocenters. The molecule has 0 nitrogen and oxygen atoms in total. The van der Waals surface area contributed by atoms with E-state index in [9.17, 15) is 4.39 Å². The van der Waals surface area contributed by atoms with E-state index in [4.69, 9.17) is 0 Å².